The fourth-order valence-electron chi connectivity index (χ4n) is 7.07. The van der Waals surface area contributed by atoms with Crippen molar-refractivity contribution in [3.05, 3.63) is 24.3 Å². The van der Waals surface area contributed by atoms with E-state index in [9.17, 15) is 5.11 Å². The Kier molecular flexibility index (Phi) is 3.39. The van der Waals surface area contributed by atoms with Gasteiger partial charge in [-0.05, 0) is 85.9 Å². The summed E-state index contributed by atoms with van der Waals surface area (Å²) in [5.74, 6) is 3.38. The van der Waals surface area contributed by atoms with Crippen LogP contribution in [-0.4, -0.2) is 11.2 Å². The second-order valence-corrected chi connectivity index (χ2v) is 9.12. The van der Waals surface area contributed by atoms with Crippen molar-refractivity contribution in [3.63, 3.8) is 0 Å². The molecule has 0 radical (unpaired) electrons. The highest BCUT2D eigenvalue weighted by Gasteiger charge is 2.57. The molecule has 0 heterocycles. The van der Waals surface area contributed by atoms with Gasteiger partial charge in [-0.3, -0.25) is 0 Å². The molecule has 0 aromatic carbocycles. The maximum absolute atomic E-state index is 10.1. The van der Waals surface area contributed by atoms with Crippen LogP contribution in [0.15, 0.2) is 24.3 Å². The largest absolute Gasteiger partial charge is 0.393 e. The van der Waals surface area contributed by atoms with E-state index in [1.54, 1.807) is 5.57 Å². The molecule has 1 N–H and O–H groups in total. The molecule has 3 fully saturated rings. The second kappa shape index (κ2) is 4.97. The molecule has 0 spiro atoms. The molecule has 0 aromatic rings. The summed E-state index contributed by atoms with van der Waals surface area (Å²) in [5, 5.41) is 10.1. The normalized spacial score (nSPS) is 54.0. The van der Waals surface area contributed by atoms with Gasteiger partial charge in [0.25, 0.3) is 0 Å². The molecule has 22 heavy (non-hydrogen) atoms. The molecule has 0 amide bonds. The van der Waals surface area contributed by atoms with Gasteiger partial charge in [0.2, 0.25) is 0 Å². The first-order valence-corrected chi connectivity index (χ1v) is 9.49. The predicted octanol–water partition coefficient (Wildman–Crippen LogP) is 5.11. The van der Waals surface area contributed by atoms with Gasteiger partial charge in [-0.25, -0.2) is 0 Å². The summed E-state index contributed by atoms with van der Waals surface area (Å²) in [6.07, 6.45) is 14.7. The van der Waals surface area contributed by atoms with Gasteiger partial charge >= 0.3 is 0 Å². The zero-order chi connectivity index (χ0) is 15.5. The van der Waals surface area contributed by atoms with Crippen LogP contribution >= 0.6 is 0 Å². The topological polar surface area (TPSA) is 20.2 Å². The van der Waals surface area contributed by atoms with Gasteiger partial charge in [-0.2, -0.15) is 0 Å². The summed E-state index contributed by atoms with van der Waals surface area (Å²) in [5.41, 5.74) is 2.49. The molecule has 0 aliphatic heterocycles. The van der Waals surface area contributed by atoms with E-state index in [0.29, 0.717) is 10.8 Å². The third-order valence-electron chi connectivity index (χ3n) is 8.44. The monoisotopic (exact) mass is 300 g/mol. The molecule has 0 unspecified atom stereocenters. The van der Waals surface area contributed by atoms with E-state index < -0.39 is 0 Å². The van der Waals surface area contributed by atoms with E-state index in [0.717, 1.165) is 36.5 Å². The maximum Gasteiger partial charge on any atom is 0.0577 e. The summed E-state index contributed by atoms with van der Waals surface area (Å²) in [4.78, 5) is 0. The minimum atomic E-state index is -0.0821. The van der Waals surface area contributed by atoms with Crippen LogP contribution in [0, 0.1) is 34.5 Å². The number of aliphatic hydroxyl groups excluding tert-OH is 1. The lowest BCUT2D eigenvalue weighted by Gasteiger charge is -2.58. The standard InChI is InChI=1S/C21H32O/c1-4-14-6-8-18-17-7-5-15-13-16(22)9-11-21(15,3)19(17)10-12-20(14,18)2/h4-5,14,16-19,22H,1,6-13H2,2-3H3/t14-,16-,17+,18+,19+,20+,21-/m0/s1. The van der Waals surface area contributed by atoms with Crippen LogP contribution in [0.4, 0.5) is 0 Å². The van der Waals surface area contributed by atoms with Crippen molar-refractivity contribution < 1.29 is 5.11 Å². The molecule has 7 atom stereocenters. The summed E-state index contributed by atoms with van der Waals surface area (Å²) in [7, 11) is 0. The molecular formula is C21H32O. The van der Waals surface area contributed by atoms with Gasteiger partial charge in [-0.15, -0.1) is 6.58 Å². The van der Waals surface area contributed by atoms with Crippen molar-refractivity contribution in [1.29, 1.82) is 0 Å². The zero-order valence-corrected chi connectivity index (χ0v) is 14.4. The molecule has 4 aliphatic carbocycles. The van der Waals surface area contributed by atoms with Gasteiger partial charge in [0.15, 0.2) is 0 Å². The summed E-state index contributed by atoms with van der Waals surface area (Å²) < 4.78 is 0. The van der Waals surface area contributed by atoms with Gasteiger partial charge in [0.05, 0.1) is 6.10 Å². The fraction of sp³-hybridized carbons (Fsp3) is 0.810. The van der Waals surface area contributed by atoms with E-state index in [-0.39, 0.29) is 6.10 Å². The van der Waals surface area contributed by atoms with Gasteiger partial charge in [0.1, 0.15) is 0 Å². The van der Waals surface area contributed by atoms with Crippen LogP contribution < -0.4 is 0 Å². The molecule has 4 aliphatic rings. The van der Waals surface area contributed by atoms with E-state index in [4.69, 9.17) is 0 Å². The summed E-state index contributed by atoms with van der Waals surface area (Å²) >= 11 is 0. The van der Waals surface area contributed by atoms with Crippen LogP contribution in [0.2, 0.25) is 0 Å². The Morgan fingerprint density at radius 2 is 1.95 bits per heavy atom. The van der Waals surface area contributed by atoms with Crippen LogP contribution in [0.5, 0.6) is 0 Å². The van der Waals surface area contributed by atoms with E-state index in [1.165, 1.54) is 38.5 Å². The average molecular weight is 300 g/mol. The number of hydrogen-bond acceptors (Lipinski definition) is 1. The lowest BCUT2D eigenvalue weighted by Crippen LogP contribution is -2.50. The van der Waals surface area contributed by atoms with Crippen LogP contribution in [0.1, 0.15) is 65.2 Å². The van der Waals surface area contributed by atoms with Crippen molar-refractivity contribution in [1.82, 2.24) is 0 Å². The van der Waals surface area contributed by atoms with E-state index in [2.05, 4.69) is 32.6 Å². The fourth-order valence-corrected chi connectivity index (χ4v) is 7.07. The predicted molar refractivity (Wildman–Crippen MR) is 91.4 cm³/mol. The lowest BCUT2D eigenvalue weighted by atomic mass is 9.47. The van der Waals surface area contributed by atoms with Gasteiger partial charge in [0, 0.05) is 0 Å². The van der Waals surface area contributed by atoms with Crippen LogP contribution in [0.25, 0.3) is 0 Å². The van der Waals surface area contributed by atoms with Gasteiger partial charge in [-0.1, -0.05) is 31.6 Å². The molecule has 1 nitrogen and oxygen atoms in total. The molecule has 122 valence electrons. The molecule has 0 bridgehead atoms. The van der Waals surface area contributed by atoms with Crippen molar-refractivity contribution in [2.45, 2.75) is 71.3 Å². The third kappa shape index (κ3) is 1.87. The first kappa shape index (κ1) is 15.0. The summed E-state index contributed by atoms with van der Waals surface area (Å²) in [6, 6.07) is 0. The Hall–Kier alpha value is -0.560. The van der Waals surface area contributed by atoms with E-state index in [1.807, 2.05) is 0 Å². The van der Waals surface area contributed by atoms with E-state index >= 15 is 0 Å². The van der Waals surface area contributed by atoms with Crippen LogP contribution in [0.3, 0.4) is 0 Å². The zero-order valence-electron chi connectivity index (χ0n) is 14.4. The van der Waals surface area contributed by atoms with Crippen molar-refractivity contribution >= 4 is 0 Å². The van der Waals surface area contributed by atoms with Gasteiger partial charge < -0.3 is 5.11 Å². The quantitative estimate of drug-likeness (QED) is 0.667. The Balaban J connectivity index is 1.67. The Labute approximate surface area is 135 Å². The molecular weight excluding hydrogens is 268 g/mol. The number of rotatable bonds is 1. The number of aliphatic hydroxyl groups is 1. The van der Waals surface area contributed by atoms with Crippen molar-refractivity contribution in [2.75, 3.05) is 0 Å². The maximum atomic E-state index is 10.1. The lowest BCUT2D eigenvalue weighted by molar-refractivity contribution is -0.0442. The number of hydrogen-bond donors (Lipinski definition) is 1. The smallest absolute Gasteiger partial charge is 0.0577 e. The minimum Gasteiger partial charge on any atom is -0.393 e. The van der Waals surface area contributed by atoms with Crippen molar-refractivity contribution in [3.8, 4) is 0 Å². The first-order valence-electron chi connectivity index (χ1n) is 9.49. The second-order valence-electron chi connectivity index (χ2n) is 9.12. The highest BCUT2D eigenvalue weighted by Crippen LogP contribution is 2.66. The molecule has 4 rings (SSSR count). The molecule has 0 aromatic heterocycles. The first-order chi connectivity index (χ1) is 10.5. The SMILES string of the molecule is C=C[C@H]1CC[C@@H]2[C@H]3CC=C4C[C@@H](O)CC[C@]4(C)[C@@H]3CC[C@@]21C. The van der Waals surface area contributed by atoms with Crippen molar-refractivity contribution in [2.24, 2.45) is 34.5 Å². The highest BCUT2D eigenvalue weighted by atomic mass is 16.3. The Morgan fingerprint density at radius 1 is 1.14 bits per heavy atom. The Morgan fingerprint density at radius 3 is 2.73 bits per heavy atom. The van der Waals surface area contributed by atoms with Crippen LogP contribution in [-0.2, 0) is 0 Å². The highest BCUT2D eigenvalue weighted by molar-refractivity contribution is 5.25. The molecule has 3 saturated carbocycles. The minimum absolute atomic E-state index is 0.0821. The number of fused-ring (bicyclic) bond motifs is 5. The average Bonchev–Trinajstić information content (AvgIpc) is 2.84. The summed E-state index contributed by atoms with van der Waals surface area (Å²) in [6.45, 7) is 9.20. The molecule has 0 saturated heterocycles. The number of allylic oxidation sites excluding steroid dienone is 2. The molecule has 1 heteroatoms. The Bertz CT molecular complexity index is 506. The third-order valence-corrected chi connectivity index (χ3v) is 8.44.